The highest BCUT2D eigenvalue weighted by Crippen LogP contribution is 2.47. The van der Waals surface area contributed by atoms with Gasteiger partial charge in [0.15, 0.2) is 90.3 Å². The van der Waals surface area contributed by atoms with Crippen LogP contribution in [-0.4, -0.2) is 37.5 Å². The van der Waals surface area contributed by atoms with Gasteiger partial charge in [0.1, 0.15) is 0 Å². The number of nitrogens with one attached hydrogen (secondary N) is 3. The van der Waals surface area contributed by atoms with Crippen molar-refractivity contribution in [1.29, 1.82) is 0 Å². The van der Waals surface area contributed by atoms with Crippen LogP contribution in [0.15, 0.2) is 291 Å². The maximum absolute atomic E-state index is 12.7. The average molecular weight is 2110 g/mol. The molecule has 4 unspecified atom stereocenters. The highest BCUT2D eigenvalue weighted by atomic mass is 79.9. The molecule has 3 amide bonds. The van der Waals surface area contributed by atoms with Gasteiger partial charge in [0, 0.05) is 125 Å². The van der Waals surface area contributed by atoms with Gasteiger partial charge in [0.25, 0.3) is 0 Å². The number of anilines is 3. The molecular weight excluding hydrogens is 1960 g/mol. The van der Waals surface area contributed by atoms with Crippen LogP contribution in [0.4, 0.5) is 17.1 Å². The summed E-state index contributed by atoms with van der Waals surface area (Å²) in [7, 11) is 0. The number of carbonyl (C=O) groups is 3. The molecule has 3 N–H and O–H groups in total. The van der Waals surface area contributed by atoms with E-state index in [1.807, 2.05) is 119 Å². The molecule has 752 valence electrons. The van der Waals surface area contributed by atoms with E-state index in [-0.39, 0.29) is 68.7 Å². The predicted octanol–water partition coefficient (Wildman–Crippen LogP) is 18.9. The molecule has 24 heteroatoms. The third-order valence-corrected chi connectivity index (χ3v) is 25.4. The van der Waals surface area contributed by atoms with Crippen LogP contribution in [0.1, 0.15) is 260 Å². The van der Waals surface area contributed by atoms with Crippen LogP contribution < -0.4 is 112 Å². The number of allylic oxidation sites excluding steroid dienone is 14. The second kappa shape index (κ2) is 63.6. The molecule has 0 radical (unpaired) electrons. The molecule has 3 aromatic carbocycles. The Morgan fingerprint density at radius 2 is 0.757 bits per heavy atom. The average Bonchev–Trinajstić information content (AvgIpc) is 1.56. The Balaban J connectivity index is 0.000000255. The van der Waals surface area contributed by atoms with E-state index in [0.717, 1.165) is 157 Å². The Hall–Kier alpha value is -11.2. The fraction of sp³-hybridized carbons (Fsp3) is 0.440. The minimum Gasteiger partial charge on any atom is -1.00 e. The van der Waals surface area contributed by atoms with E-state index in [0.29, 0.717) is 114 Å². The number of nitrogens with zero attached hydrogens (tertiary/aromatic N) is 3. The Labute approximate surface area is 857 Å². The molecule has 0 bridgehead atoms. The molecule has 21 nitrogen and oxygen atoms in total. The summed E-state index contributed by atoms with van der Waals surface area (Å²) in [5.41, 5.74) is 4.47. The minimum atomic E-state index is -0.435. The van der Waals surface area contributed by atoms with E-state index < -0.39 is 16.9 Å². The first-order valence-electron chi connectivity index (χ1n) is 50.5. The van der Waals surface area contributed by atoms with E-state index in [9.17, 15) is 28.8 Å². The molecule has 1 fully saturated rings. The molecule has 0 saturated heterocycles. The van der Waals surface area contributed by atoms with Gasteiger partial charge in [0.05, 0.1) is 55.7 Å². The Bertz CT molecular complexity index is 6110. The summed E-state index contributed by atoms with van der Waals surface area (Å²) >= 11 is 0. The van der Waals surface area contributed by atoms with Crippen LogP contribution in [-0.2, 0) is 34.0 Å². The molecule has 4 atom stereocenters. The number of aryl methyl sites for hydroxylation is 3. The number of hydrogen-bond donors (Lipinski definition) is 3. The number of amides is 3. The highest BCUT2D eigenvalue weighted by Gasteiger charge is 2.36. The van der Waals surface area contributed by atoms with Crippen molar-refractivity contribution in [2.45, 2.75) is 280 Å². The van der Waals surface area contributed by atoms with Gasteiger partial charge in [0.2, 0.25) is 35.0 Å². The first-order valence-corrected chi connectivity index (χ1v) is 50.5. The highest BCUT2D eigenvalue weighted by molar-refractivity contribution is 6.02. The fourth-order valence-corrected chi connectivity index (χ4v) is 17.8. The molecule has 0 spiro atoms. The molecule has 13 rings (SSSR count). The number of benzene rings is 3. The molecule has 140 heavy (non-hydrogen) atoms. The van der Waals surface area contributed by atoms with E-state index >= 15 is 0 Å². The molecule has 9 heterocycles. The van der Waals surface area contributed by atoms with Gasteiger partial charge in [-0.15, -0.1) is 0 Å². The number of rotatable bonds is 55. The van der Waals surface area contributed by atoms with Crippen molar-refractivity contribution in [3.05, 3.63) is 281 Å². The minimum absolute atomic E-state index is 0. The maximum atomic E-state index is 12.7. The lowest BCUT2D eigenvalue weighted by molar-refractivity contribution is -0.697. The standard InChI is InChI=1S/C41H46N2O5.C39H52N2O5.C36H46N2O5.3BrH/c1-2-3-4-5-6-7-8-9-10-11-12-13-14-15-16-17-18-19-20-22-37(44)42-36-25-29-43(30-26-36)28-21-31-46-41-39-35(27-32-47-39)33-34-23-24-38(45)48-40(34)41;1-27(12-14-33-29(3)11-7-19-39(33,4)5)9-6-10-28(2)25-34(42)40-32-16-21-41(22-17-32)20-8-23-44-38-36-31(18-24-45-36)26-30-13-15-35(43)46-37(30)38;1-2-3-4-5-6-7-8-9-10-11-12-13-14-15-17-32(39)37-31-20-24-38(25-21-31)23-16-26-41-36-34-30(22-27-42-34)28-29-18-19-33(40)43-35(29)36;;;/h3-4,6-7,9-10,12-13,15-16,18-19,23-27,29-30,32-33H,2,5,8,11,14,17,20-22,28,31H2,1H3;13,15-18,21-22,24,26-29,33H,6-12,14,19-20,23,25H2,1-5H3;8-9,18-22,24-25,27-28H,2-7,10-17,23,26H2,1H3;3*1H/b4-3-,7-6-,10-9-,13-12-,16-15-,19-18-;;9-8-;;;. The number of aromatic nitrogens is 3. The van der Waals surface area contributed by atoms with Crippen molar-refractivity contribution in [1.82, 2.24) is 0 Å². The van der Waals surface area contributed by atoms with Crippen LogP contribution in [0, 0.1) is 29.1 Å². The zero-order valence-electron chi connectivity index (χ0n) is 83.2. The predicted molar refractivity (Wildman–Crippen MR) is 552 cm³/mol. The summed E-state index contributed by atoms with van der Waals surface area (Å²) in [6.45, 7) is 19.9. The van der Waals surface area contributed by atoms with Crippen LogP contribution in [0.3, 0.4) is 0 Å². The Morgan fingerprint density at radius 1 is 0.400 bits per heavy atom. The van der Waals surface area contributed by atoms with E-state index in [4.69, 9.17) is 40.7 Å². The van der Waals surface area contributed by atoms with Gasteiger partial charge in [-0.05, 0) is 174 Å². The lowest BCUT2D eigenvalue weighted by Gasteiger charge is -2.43. The Kier molecular flexibility index (Phi) is 51.8. The number of pyridine rings is 3. The first kappa shape index (κ1) is 114. The molecule has 1 saturated carbocycles. The molecular formula is C116H147Br3N6O15. The van der Waals surface area contributed by atoms with Crippen molar-refractivity contribution in [2.24, 2.45) is 29.1 Å². The maximum Gasteiger partial charge on any atom is 0.336 e. The third kappa shape index (κ3) is 39.4. The Morgan fingerprint density at radius 3 is 1.16 bits per heavy atom. The first-order chi connectivity index (χ1) is 66.9. The topological polar surface area (TPSA) is 257 Å². The summed E-state index contributed by atoms with van der Waals surface area (Å²) in [6.07, 6.45) is 82.8. The quantitative estimate of drug-likeness (QED) is 0.0139. The van der Waals surface area contributed by atoms with Gasteiger partial charge in [-0.1, -0.05) is 217 Å². The van der Waals surface area contributed by atoms with Gasteiger partial charge in [-0.3, -0.25) is 14.4 Å². The molecule has 9 aromatic heterocycles. The number of fused-ring (bicyclic) bond motifs is 6. The van der Waals surface area contributed by atoms with Crippen LogP contribution in [0.2, 0.25) is 0 Å². The van der Waals surface area contributed by atoms with Crippen molar-refractivity contribution in [3.8, 4) is 17.2 Å². The van der Waals surface area contributed by atoms with Gasteiger partial charge < -0.3 is 108 Å². The molecule has 12 aromatic rings. The number of carbonyl (C=O) groups excluding carboxylic acids is 3. The number of ether oxygens (including phenoxy) is 3. The molecule has 0 aliphatic heterocycles. The lowest BCUT2D eigenvalue weighted by atomic mass is 9.62. The van der Waals surface area contributed by atoms with Crippen molar-refractivity contribution in [3.63, 3.8) is 0 Å². The number of halogens is 3. The lowest BCUT2D eigenvalue weighted by Crippen LogP contribution is -3.00. The van der Waals surface area contributed by atoms with Crippen molar-refractivity contribution >= 4 is 101 Å². The third-order valence-electron chi connectivity index (χ3n) is 25.4. The zero-order valence-corrected chi connectivity index (χ0v) is 87.9. The summed E-state index contributed by atoms with van der Waals surface area (Å²) in [6, 6.07) is 32.2. The normalized spacial score (nSPS) is 14.1. The van der Waals surface area contributed by atoms with E-state index in [1.54, 1.807) is 37.0 Å². The van der Waals surface area contributed by atoms with Crippen molar-refractivity contribution in [2.75, 3.05) is 35.8 Å². The number of unbranched alkanes of at least 4 members (excludes halogenated alkanes) is 10. The largest absolute Gasteiger partial charge is 1.00 e. The van der Waals surface area contributed by atoms with Crippen LogP contribution in [0.25, 0.3) is 65.8 Å². The molecule has 1 aliphatic rings. The van der Waals surface area contributed by atoms with Crippen LogP contribution >= 0.6 is 0 Å². The molecule has 1 aliphatic carbocycles. The fourth-order valence-electron chi connectivity index (χ4n) is 17.8. The monoisotopic (exact) mass is 2100 g/mol. The van der Waals surface area contributed by atoms with E-state index in [2.05, 4.69) is 154 Å². The van der Waals surface area contributed by atoms with Crippen molar-refractivity contribution < 1.29 is 120 Å². The van der Waals surface area contributed by atoms with Crippen LogP contribution in [0.5, 0.6) is 17.2 Å². The van der Waals surface area contributed by atoms with Gasteiger partial charge >= 0.3 is 16.9 Å². The second-order valence-corrected chi connectivity index (χ2v) is 37.2. The van der Waals surface area contributed by atoms with Gasteiger partial charge in [-0.2, -0.15) is 0 Å². The zero-order chi connectivity index (χ0) is 96.5. The number of furan rings is 3. The summed E-state index contributed by atoms with van der Waals surface area (Å²) in [4.78, 5) is 72.9. The summed E-state index contributed by atoms with van der Waals surface area (Å²) < 4.78 is 57.4. The number of hydrogen-bond acceptors (Lipinski definition) is 15. The summed E-state index contributed by atoms with van der Waals surface area (Å²) in [5.74, 6) is 4.32. The smallest absolute Gasteiger partial charge is 0.336 e. The van der Waals surface area contributed by atoms with E-state index in [1.165, 1.54) is 127 Å². The summed E-state index contributed by atoms with van der Waals surface area (Å²) in [5, 5.41) is 14.1. The second-order valence-electron chi connectivity index (χ2n) is 37.2. The van der Waals surface area contributed by atoms with Gasteiger partial charge in [-0.25, -0.2) is 28.1 Å². The SMILES string of the molecule is CC(CCCC(C)CC(=O)Nc1cc[n+](CCCOc2c3occc3cc3ccc(=O)oc23)cc1)CCC1C(C)CCCC1(C)C.CC/C=C\C/C=C\C/C=C\C/C=C\C/C=C\C/C=C\CCC(=O)Nc1cc[n+](CCCOc2c3occc3cc3ccc(=O)oc23)cc1.CCCCCCC/C=C\CCCCCCCC(=O)Nc1cc[n+](CCCOc2c3occc3cc3ccc(=O)oc23)cc1.[Br-].[Br-].[Br-].